The smallest absolute Gasteiger partial charge is 0.263 e. The van der Waals surface area contributed by atoms with Crippen LogP contribution in [0.2, 0.25) is 0 Å². The van der Waals surface area contributed by atoms with Crippen molar-refractivity contribution in [3.8, 4) is 0 Å². The molecule has 0 spiro atoms. The van der Waals surface area contributed by atoms with Gasteiger partial charge in [-0.25, -0.2) is 4.98 Å². The summed E-state index contributed by atoms with van der Waals surface area (Å²) in [6, 6.07) is 0. The minimum absolute atomic E-state index is 0.0598. The van der Waals surface area contributed by atoms with Gasteiger partial charge >= 0.3 is 0 Å². The van der Waals surface area contributed by atoms with Crippen LogP contribution in [0.3, 0.4) is 0 Å². The summed E-state index contributed by atoms with van der Waals surface area (Å²) in [6.45, 7) is 4.21. The number of hydrogen-bond donors (Lipinski definition) is 1. The number of aromatic nitrogens is 2. The van der Waals surface area contributed by atoms with Crippen LogP contribution in [0.5, 0.6) is 0 Å². The molecule has 2 N–H and O–H groups in total. The highest BCUT2D eigenvalue weighted by Crippen LogP contribution is 2.35. The number of rotatable bonds is 4. The first-order chi connectivity index (χ1) is 12.6. The maximum Gasteiger partial charge on any atom is 0.263 e. The Labute approximate surface area is 157 Å². The molecule has 7 heteroatoms. The Balaban J connectivity index is 1.78. The molecule has 2 aromatic heterocycles. The Bertz CT molecular complexity index is 893. The van der Waals surface area contributed by atoms with Crippen molar-refractivity contribution in [2.75, 3.05) is 18.0 Å². The molecule has 2 aliphatic rings. The van der Waals surface area contributed by atoms with Crippen molar-refractivity contribution >= 4 is 33.4 Å². The fraction of sp³-hybridized carbons (Fsp3) is 0.632. The second-order valence-electron chi connectivity index (χ2n) is 7.42. The van der Waals surface area contributed by atoms with Crippen molar-refractivity contribution in [3.05, 3.63) is 20.8 Å². The predicted molar refractivity (Wildman–Crippen MR) is 105 cm³/mol. The van der Waals surface area contributed by atoms with Crippen LogP contribution in [0.4, 0.5) is 5.95 Å². The lowest BCUT2D eigenvalue weighted by molar-refractivity contribution is -0.122. The van der Waals surface area contributed by atoms with Crippen LogP contribution in [0.15, 0.2) is 4.79 Å². The first-order valence-corrected chi connectivity index (χ1v) is 10.5. The van der Waals surface area contributed by atoms with Crippen LogP contribution < -0.4 is 16.2 Å². The fourth-order valence-corrected chi connectivity index (χ4v) is 5.51. The summed E-state index contributed by atoms with van der Waals surface area (Å²) in [5.74, 6) is 0.492. The molecule has 0 atom stereocenters. The number of primary amides is 1. The lowest BCUT2D eigenvalue weighted by Gasteiger charge is -2.32. The Morgan fingerprint density at radius 1 is 1.27 bits per heavy atom. The fourth-order valence-electron chi connectivity index (χ4n) is 4.26. The third-order valence-corrected chi connectivity index (χ3v) is 6.87. The largest absolute Gasteiger partial charge is 0.369 e. The molecule has 26 heavy (non-hydrogen) atoms. The zero-order chi connectivity index (χ0) is 18.3. The Morgan fingerprint density at radius 2 is 2.00 bits per heavy atom. The third kappa shape index (κ3) is 2.92. The van der Waals surface area contributed by atoms with Crippen LogP contribution in [0.1, 0.15) is 49.5 Å². The third-order valence-electron chi connectivity index (χ3n) is 5.68. The average molecular weight is 375 g/mol. The number of amides is 1. The lowest BCUT2D eigenvalue weighted by atomic mass is 9.96. The van der Waals surface area contributed by atoms with Crippen LogP contribution >= 0.6 is 11.3 Å². The zero-order valence-electron chi connectivity index (χ0n) is 15.3. The molecule has 1 amide bonds. The Kier molecular flexibility index (Phi) is 4.73. The number of carbonyl (C=O) groups is 1. The highest BCUT2D eigenvalue weighted by Gasteiger charge is 2.28. The summed E-state index contributed by atoms with van der Waals surface area (Å²) >= 11 is 1.70. The molecular weight excluding hydrogens is 348 g/mol. The molecule has 1 saturated heterocycles. The number of hydrogen-bond acceptors (Lipinski definition) is 5. The molecule has 0 unspecified atom stereocenters. The van der Waals surface area contributed by atoms with Gasteiger partial charge in [-0.05, 0) is 50.5 Å². The van der Waals surface area contributed by atoms with Gasteiger partial charge in [0.15, 0.2) is 0 Å². The van der Waals surface area contributed by atoms with Gasteiger partial charge in [-0.1, -0.05) is 6.92 Å². The van der Waals surface area contributed by atoms with Gasteiger partial charge in [0.1, 0.15) is 4.83 Å². The van der Waals surface area contributed by atoms with E-state index in [1.807, 2.05) is 4.57 Å². The maximum absolute atomic E-state index is 13.3. The highest BCUT2D eigenvalue weighted by atomic mass is 32.1. The molecule has 2 aromatic rings. The molecule has 0 aromatic carbocycles. The summed E-state index contributed by atoms with van der Waals surface area (Å²) in [4.78, 5) is 34.1. The molecule has 6 nitrogen and oxygen atoms in total. The van der Waals surface area contributed by atoms with Crippen LogP contribution in [0, 0.1) is 5.92 Å². The molecule has 4 rings (SSSR count). The maximum atomic E-state index is 13.3. The predicted octanol–water partition coefficient (Wildman–Crippen LogP) is 2.45. The van der Waals surface area contributed by atoms with Crippen LogP contribution in [0.25, 0.3) is 10.2 Å². The van der Waals surface area contributed by atoms with Crippen molar-refractivity contribution in [3.63, 3.8) is 0 Å². The van der Waals surface area contributed by atoms with E-state index in [0.29, 0.717) is 6.54 Å². The van der Waals surface area contributed by atoms with Crippen LogP contribution in [-0.2, 0) is 24.2 Å². The van der Waals surface area contributed by atoms with Gasteiger partial charge in [0.05, 0.1) is 5.39 Å². The number of carbonyl (C=O) groups excluding carboxylic acids is 1. The first-order valence-electron chi connectivity index (χ1n) is 9.69. The number of aryl methyl sites for hydroxylation is 2. The number of anilines is 1. The Morgan fingerprint density at radius 3 is 2.69 bits per heavy atom. The van der Waals surface area contributed by atoms with Crippen LogP contribution in [-0.4, -0.2) is 28.5 Å². The lowest BCUT2D eigenvalue weighted by Crippen LogP contribution is -2.41. The van der Waals surface area contributed by atoms with Crippen molar-refractivity contribution in [2.45, 2.75) is 58.4 Å². The minimum atomic E-state index is -0.218. The van der Waals surface area contributed by atoms with Gasteiger partial charge in [0, 0.05) is 30.4 Å². The molecule has 1 fully saturated rings. The molecule has 0 saturated carbocycles. The monoisotopic (exact) mass is 374 g/mol. The summed E-state index contributed by atoms with van der Waals surface area (Å²) < 4.78 is 1.86. The van der Waals surface area contributed by atoms with Gasteiger partial charge in [0.25, 0.3) is 5.56 Å². The molecule has 1 aliphatic carbocycles. The summed E-state index contributed by atoms with van der Waals surface area (Å²) in [5.41, 5.74) is 6.82. The number of fused-ring (bicyclic) bond motifs is 3. The first kappa shape index (κ1) is 17.5. The molecular formula is C19H26N4O2S. The SMILES string of the molecule is CCCn1c(N2CCC(C(N)=O)CC2)nc2sc3c(c2c1=O)CCCC3. The summed E-state index contributed by atoms with van der Waals surface area (Å²) in [5, 5.41) is 0.855. The van der Waals surface area contributed by atoms with Gasteiger partial charge < -0.3 is 10.6 Å². The number of nitrogens with zero attached hydrogens (tertiary/aromatic N) is 3. The Hall–Kier alpha value is -1.89. The highest BCUT2D eigenvalue weighted by molar-refractivity contribution is 7.18. The summed E-state index contributed by atoms with van der Waals surface area (Å²) in [7, 11) is 0. The quantitative estimate of drug-likeness (QED) is 0.891. The number of piperidine rings is 1. The number of nitrogens with two attached hydrogens (primary N) is 1. The molecule has 1 aliphatic heterocycles. The van der Waals surface area contributed by atoms with Crippen molar-refractivity contribution < 1.29 is 4.79 Å². The second kappa shape index (κ2) is 7.02. The summed E-state index contributed by atoms with van der Waals surface area (Å²) in [6.07, 6.45) is 6.80. The number of thiophene rings is 1. The topological polar surface area (TPSA) is 81.2 Å². The normalized spacial score (nSPS) is 18.3. The molecule has 0 bridgehead atoms. The van der Waals surface area contributed by atoms with Crippen molar-refractivity contribution in [1.29, 1.82) is 0 Å². The van der Waals surface area contributed by atoms with E-state index in [-0.39, 0.29) is 17.4 Å². The van der Waals surface area contributed by atoms with E-state index in [0.717, 1.165) is 67.8 Å². The van der Waals surface area contributed by atoms with Gasteiger partial charge in [-0.2, -0.15) is 0 Å². The van der Waals surface area contributed by atoms with Crippen molar-refractivity contribution in [2.24, 2.45) is 11.7 Å². The van der Waals surface area contributed by atoms with E-state index in [4.69, 9.17) is 10.7 Å². The van der Waals surface area contributed by atoms with E-state index in [1.165, 1.54) is 16.9 Å². The van der Waals surface area contributed by atoms with Gasteiger partial charge in [-0.3, -0.25) is 14.2 Å². The van der Waals surface area contributed by atoms with E-state index in [9.17, 15) is 9.59 Å². The van der Waals surface area contributed by atoms with Crippen molar-refractivity contribution in [1.82, 2.24) is 9.55 Å². The second-order valence-corrected chi connectivity index (χ2v) is 8.51. The molecule has 3 heterocycles. The average Bonchev–Trinajstić information content (AvgIpc) is 3.02. The van der Waals surface area contributed by atoms with E-state index in [1.54, 1.807) is 11.3 Å². The standard InChI is InChI=1S/C19H26N4O2S/c1-2-9-23-18(25)15-13-5-3-4-6-14(13)26-17(15)21-19(23)22-10-7-12(8-11-22)16(20)24/h12H,2-11H2,1H3,(H2,20,24). The molecule has 140 valence electrons. The minimum Gasteiger partial charge on any atom is -0.369 e. The van der Waals surface area contributed by atoms with E-state index in [2.05, 4.69) is 11.8 Å². The van der Waals surface area contributed by atoms with Gasteiger partial charge in [-0.15, -0.1) is 11.3 Å². The van der Waals surface area contributed by atoms with E-state index >= 15 is 0 Å². The zero-order valence-corrected chi connectivity index (χ0v) is 16.1. The van der Waals surface area contributed by atoms with Gasteiger partial charge in [0.2, 0.25) is 11.9 Å². The van der Waals surface area contributed by atoms with E-state index < -0.39 is 0 Å². The molecule has 0 radical (unpaired) electrons.